The Morgan fingerprint density at radius 1 is 0.650 bits per heavy atom. The van der Waals surface area contributed by atoms with Crippen LogP contribution in [0, 0.1) is 0 Å². The van der Waals surface area contributed by atoms with E-state index in [0.717, 1.165) is 32.1 Å². The predicted octanol–water partition coefficient (Wildman–Crippen LogP) is 6.16. The number of carbonyl (C=O) groups excluding carboxylic acids is 2. The van der Waals surface area contributed by atoms with E-state index in [-0.39, 0.29) is 12.8 Å². The van der Waals surface area contributed by atoms with Gasteiger partial charge >= 0.3 is 19.8 Å². The van der Waals surface area contributed by atoms with Gasteiger partial charge in [-0.15, -0.1) is 0 Å². The van der Waals surface area contributed by atoms with Gasteiger partial charge in [-0.05, 0) is 38.5 Å². The number of aliphatic hydroxyl groups is 2. The van der Waals surface area contributed by atoms with Crippen LogP contribution in [0.5, 0.6) is 0 Å². The zero-order valence-corrected chi connectivity index (χ0v) is 25.7. The second-order valence-corrected chi connectivity index (χ2v) is 11.5. The molecule has 0 amide bonds. The maximum absolute atomic E-state index is 12.1. The summed E-state index contributed by atoms with van der Waals surface area (Å²) in [5.41, 5.74) is 0. The van der Waals surface area contributed by atoms with Crippen molar-refractivity contribution in [1.82, 2.24) is 0 Å². The Balaban J connectivity index is 3.90. The summed E-state index contributed by atoms with van der Waals surface area (Å²) in [5.74, 6) is -1.08. The number of unbranched alkanes of at least 4 members (excludes halogenated alkanes) is 12. The third kappa shape index (κ3) is 24.5. The lowest BCUT2D eigenvalue weighted by Crippen LogP contribution is -2.28. The molecule has 3 unspecified atom stereocenters. The molecule has 3 atom stereocenters. The number of carbonyl (C=O) groups is 2. The fourth-order valence-electron chi connectivity index (χ4n) is 3.85. The highest BCUT2D eigenvalue weighted by Gasteiger charge is 2.27. The Hall–Kier alpha value is -1.29. The molecule has 0 aromatic rings. The van der Waals surface area contributed by atoms with Crippen LogP contribution in [0.15, 0.2) is 12.2 Å². The Kier molecular flexibility index (Phi) is 25.7. The van der Waals surface area contributed by atoms with Gasteiger partial charge < -0.3 is 24.6 Å². The summed E-state index contributed by atoms with van der Waals surface area (Å²) in [4.78, 5) is 33.3. The molecule has 0 aromatic heterocycles. The minimum Gasteiger partial charge on any atom is -0.457 e. The van der Waals surface area contributed by atoms with E-state index in [0.29, 0.717) is 12.8 Å². The monoisotopic (exact) mass is 594 g/mol. The molecular weight excluding hydrogens is 539 g/mol. The molecule has 0 bridgehead atoms. The van der Waals surface area contributed by atoms with E-state index in [1.807, 2.05) is 0 Å². The highest BCUT2D eigenvalue weighted by molar-refractivity contribution is 7.47. The van der Waals surface area contributed by atoms with Gasteiger partial charge in [0.1, 0.15) is 12.2 Å². The standard InChI is InChI=1S/C29H55O10P/c1-3-5-6-7-8-9-10-11-12-13-14-15-16-17-18-19-21-29(33)39-27(23-31)25-37-40(34,35)36-24-26(22-30)38-28(32)20-4-2/h12-13,26-27,30-31H,3-11,14-25H2,1-2H3,(H,34,35)/b13-12-. The number of hydrogen-bond donors (Lipinski definition) is 3. The molecule has 3 N–H and O–H groups in total. The van der Waals surface area contributed by atoms with Crippen LogP contribution in [0.25, 0.3) is 0 Å². The number of phosphoric ester groups is 1. The molecule has 10 nitrogen and oxygen atoms in total. The Morgan fingerprint density at radius 2 is 1.07 bits per heavy atom. The molecule has 0 aliphatic carbocycles. The first kappa shape index (κ1) is 38.7. The summed E-state index contributed by atoms with van der Waals surface area (Å²) in [7, 11) is -4.59. The van der Waals surface area contributed by atoms with Crippen molar-refractivity contribution in [3.63, 3.8) is 0 Å². The van der Waals surface area contributed by atoms with Crippen molar-refractivity contribution in [1.29, 1.82) is 0 Å². The quantitative estimate of drug-likeness (QED) is 0.0416. The highest BCUT2D eigenvalue weighted by Crippen LogP contribution is 2.43. The highest BCUT2D eigenvalue weighted by atomic mass is 31.2. The number of aliphatic hydroxyl groups excluding tert-OH is 2. The van der Waals surface area contributed by atoms with E-state index in [2.05, 4.69) is 19.1 Å². The molecule has 0 spiro atoms. The first-order valence-corrected chi connectivity index (χ1v) is 16.6. The summed E-state index contributed by atoms with van der Waals surface area (Å²) in [6, 6.07) is 0. The van der Waals surface area contributed by atoms with E-state index in [4.69, 9.17) is 18.5 Å². The van der Waals surface area contributed by atoms with Crippen LogP contribution < -0.4 is 0 Å². The lowest BCUT2D eigenvalue weighted by Gasteiger charge is -2.20. The van der Waals surface area contributed by atoms with E-state index in [1.165, 1.54) is 51.4 Å². The Bertz CT molecular complexity index is 700. The SMILES string of the molecule is CCCCCCCCC/C=C\CCCCCCCC(=O)OC(CO)COP(=O)(O)OCC(CO)OC(=O)CCC. The van der Waals surface area contributed by atoms with Crippen molar-refractivity contribution in [3.05, 3.63) is 12.2 Å². The molecule has 11 heteroatoms. The number of esters is 2. The number of phosphoric acid groups is 1. The lowest BCUT2D eigenvalue weighted by molar-refractivity contribution is -0.153. The normalized spacial score (nSPS) is 14.6. The van der Waals surface area contributed by atoms with Crippen molar-refractivity contribution >= 4 is 19.8 Å². The summed E-state index contributed by atoms with van der Waals surface area (Å²) in [6.45, 7) is 1.73. The topological polar surface area (TPSA) is 149 Å². The van der Waals surface area contributed by atoms with Gasteiger partial charge in [0.05, 0.1) is 26.4 Å². The van der Waals surface area contributed by atoms with Gasteiger partial charge in [0.15, 0.2) is 0 Å². The van der Waals surface area contributed by atoms with Crippen LogP contribution >= 0.6 is 7.82 Å². The van der Waals surface area contributed by atoms with E-state index in [9.17, 15) is 29.3 Å². The number of hydrogen-bond acceptors (Lipinski definition) is 9. The smallest absolute Gasteiger partial charge is 0.457 e. The van der Waals surface area contributed by atoms with Crippen LogP contribution in [0.4, 0.5) is 0 Å². The summed E-state index contributed by atoms with van der Waals surface area (Å²) in [5, 5.41) is 18.7. The third-order valence-electron chi connectivity index (χ3n) is 6.20. The molecule has 0 saturated heterocycles. The van der Waals surface area contributed by atoms with Crippen molar-refractivity contribution in [2.75, 3.05) is 26.4 Å². The Morgan fingerprint density at radius 3 is 1.52 bits per heavy atom. The van der Waals surface area contributed by atoms with E-state index < -0.39 is 58.4 Å². The molecule has 0 heterocycles. The summed E-state index contributed by atoms with van der Waals surface area (Å²) < 4.78 is 31.6. The molecule has 0 rings (SSSR count). The van der Waals surface area contributed by atoms with Crippen LogP contribution in [-0.4, -0.2) is 65.7 Å². The zero-order chi connectivity index (χ0) is 29.9. The maximum atomic E-state index is 12.1. The van der Waals surface area contributed by atoms with Gasteiger partial charge in [0, 0.05) is 12.8 Å². The van der Waals surface area contributed by atoms with Crippen LogP contribution in [0.3, 0.4) is 0 Å². The summed E-state index contributed by atoms with van der Waals surface area (Å²) >= 11 is 0. The van der Waals surface area contributed by atoms with Gasteiger partial charge in [0.25, 0.3) is 0 Å². The molecule has 40 heavy (non-hydrogen) atoms. The van der Waals surface area contributed by atoms with Crippen molar-refractivity contribution in [3.8, 4) is 0 Å². The van der Waals surface area contributed by atoms with Gasteiger partial charge in [-0.2, -0.15) is 0 Å². The number of allylic oxidation sites excluding steroid dienone is 2. The van der Waals surface area contributed by atoms with Crippen LogP contribution in [0.2, 0.25) is 0 Å². The van der Waals surface area contributed by atoms with Crippen LogP contribution in [0.1, 0.15) is 123 Å². The third-order valence-corrected chi connectivity index (χ3v) is 7.15. The molecule has 0 aliphatic heterocycles. The molecule has 0 saturated carbocycles. The van der Waals surface area contributed by atoms with Gasteiger partial charge in [-0.25, -0.2) is 4.57 Å². The van der Waals surface area contributed by atoms with Gasteiger partial charge in [-0.3, -0.25) is 18.6 Å². The average Bonchev–Trinajstić information content (AvgIpc) is 2.93. The molecular formula is C29H55O10P. The van der Waals surface area contributed by atoms with Crippen LogP contribution in [-0.2, 0) is 32.7 Å². The molecule has 0 aromatic carbocycles. The fraction of sp³-hybridized carbons (Fsp3) is 0.862. The van der Waals surface area contributed by atoms with E-state index in [1.54, 1.807) is 6.92 Å². The lowest BCUT2D eigenvalue weighted by atomic mass is 10.1. The molecule has 0 aliphatic rings. The number of ether oxygens (including phenoxy) is 2. The number of rotatable bonds is 28. The first-order valence-electron chi connectivity index (χ1n) is 15.1. The maximum Gasteiger partial charge on any atom is 0.472 e. The zero-order valence-electron chi connectivity index (χ0n) is 24.8. The molecule has 236 valence electrons. The largest absolute Gasteiger partial charge is 0.472 e. The minimum absolute atomic E-state index is 0.143. The second-order valence-electron chi connectivity index (χ2n) is 10.1. The minimum atomic E-state index is -4.59. The van der Waals surface area contributed by atoms with Crippen molar-refractivity contribution in [2.24, 2.45) is 0 Å². The van der Waals surface area contributed by atoms with Crippen molar-refractivity contribution in [2.45, 2.75) is 135 Å². The molecule has 0 radical (unpaired) electrons. The van der Waals surface area contributed by atoms with Gasteiger partial charge in [0.2, 0.25) is 0 Å². The Labute approximate surface area is 241 Å². The second kappa shape index (κ2) is 26.6. The predicted molar refractivity (Wildman–Crippen MR) is 155 cm³/mol. The van der Waals surface area contributed by atoms with E-state index >= 15 is 0 Å². The molecule has 0 fully saturated rings. The fourth-order valence-corrected chi connectivity index (χ4v) is 4.63. The van der Waals surface area contributed by atoms with Gasteiger partial charge in [-0.1, -0.05) is 83.8 Å². The van der Waals surface area contributed by atoms with Crippen molar-refractivity contribution < 1.29 is 47.8 Å². The summed E-state index contributed by atoms with van der Waals surface area (Å²) in [6.07, 6.45) is 19.6. The first-order chi connectivity index (χ1) is 19.3. The average molecular weight is 595 g/mol.